The zero-order chi connectivity index (χ0) is 20.1. The zero-order valence-corrected chi connectivity index (χ0v) is 16.5. The summed E-state index contributed by atoms with van der Waals surface area (Å²) in [5, 5.41) is 2.81. The lowest BCUT2D eigenvalue weighted by Crippen LogP contribution is -2.41. The maximum Gasteiger partial charge on any atom is 0.325 e. The van der Waals surface area contributed by atoms with Gasteiger partial charge in [-0.25, -0.2) is 4.79 Å². The highest BCUT2D eigenvalue weighted by Crippen LogP contribution is 2.32. The molecule has 0 spiro atoms. The van der Waals surface area contributed by atoms with Crippen LogP contribution in [0.2, 0.25) is 0 Å². The standard InChI is InChI=1S/C23H24N2O3/c1-14-7-8-15(2)19(11-14)20(26)13-25-21(27)23(3,24-22(25)28)18-10-9-16-5-4-6-17(16)12-18/h7-12H,4-6,13H2,1-3H3,(H,24,28)/t23-/m0/s1. The van der Waals surface area contributed by atoms with E-state index >= 15 is 0 Å². The van der Waals surface area contributed by atoms with Crippen molar-refractivity contribution in [2.24, 2.45) is 0 Å². The molecule has 28 heavy (non-hydrogen) atoms. The molecule has 1 saturated heterocycles. The first-order valence-electron chi connectivity index (χ1n) is 9.66. The van der Waals surface area contributed by atoms with Gasteiger partial charge in [0, 0.05) is 5.56 Å². The van der Waals surface area contributed by atoms with E-state index in [2.05, 4.69) is 5.32 Å². The van der Waals surface area contributed by atoms with Crippen LogP contribution in [-0.2, 0) is 23.2 Å². The van der Waals surface area contributed by atoms with Crippen LogP contribution in [0.15, 0.2) is 36.4 Å². The average molecular weight is 376 g/mol. The summed E-state index contributed by atoms with van der Waals surface area (Å²) in [6.07, 6.45) is 3.17. The third kappa shape index (κ3) is 2.91. The Bertz CT molecular complexity index is 1010. The van der Waals surface area contributed by atoms with Crippen molar-refractivity contribution in [2.45, 2.75) is 45.6 Å². The third-order valence-electron chi connectivity index (χ3n) is 5.95. The van der Waals surface area contributed by atoms with Crippen molar-refractivity contribution in [3.63, 3.8) is 0 Å². The molecule has 2 aromatic carbocycles. The van der Waals surface area contributed by atoms with E-state index in [0.717, 1.165) is 40.9 Å². The maximum absolute atomic E-state index is 13.1. The van der Waals surface area contributed by atoms with Crippen LogP contribution >= 0.6 is 0 Å². The lowest BCUT2D eigenvalue weighted by molar-refractivity contribution is -0.130. The summed E-state index contributed by atoms with van der Waals surface area (Å²) in [6.45, 7) is 5.23. The molecule has 5 heteroatoms. The molecule has 0 aromatic heterocycles. The van der Waals surface area contributed by atoms with Crippen molar-refractivity contribution in [1.82, 2.24) is 10.2 Å². The predicted molar refractivity (Wildman–Crippen MR) is 106 cm³/mol. The largest absolute Gasteiger partial charge is 0.325 e. The molecule has 5 nitrogen and oxygen atoms in total. The summed E-state index contributed by atoms with van der Waals surface area (Å²) in [6, 6.07) is 11.1. The van der Waals surface area contributed by atoms with Gasteiger partial charge in [-0.1, -0.05) is 35.9 Å². The van der Waals surface area contributed by atoms with E-state index in [1.165, 1.54) is 11.1 Å². The smallest absolute Gasteiger partial charge is 0.319 e. The normalized spacial score (nSPS) is 21.0. The minimum absolute atomic E-state index is 0.233. The van der Waals surface area contributed by atoms with Crippen LogP contribution in [0.25, 0.3) is 0 Å². The Labute approximate surface area is 164 Å². The highest BCUT2D eigenvalue weighted by Gasteiger charge is 2.49. The van der Waals surface area contributed by atoms with Gasteiger partial charge in [-0.15, -0.1) is 0 Å². The second-order valence-corrected chi connectivity index (χ2v) is 8.03. The SMILES string of the molecule is Cc1ccc(C)c(C(=O)CN2C(=O)N[C@@](C)(c3ccc4c(c3)CCC4)C2=O)c1. The molecule has 4 rings (SSSR count). The number of carbonyl (C=O) groups is 3. The van der Waals surface area contributed by atoms with Crippen molar-refractivity contribution < 1.29 is 14.4 Å². The first-order valence-corrected chi connectivity index (χ1v) is 9.66. The van der Waals surface area contributed by atoms with E-state index in [9.17, 15) is 14.4 Å². The molecule has 1 heterocycles. The number of ketones is 1. The van der Waals surface area contributed by atoms with Crippen LogP contribution in [0, 0.1) is 13.8 Å². The first-order chi connectivity index (χ1) is 13.3. The molecule has 2 aliphatic rings. The lowest BCUT2D eigenvalue weighted by Gasteiger charge is -2.23. The molecule has 2 aromatic rings. The fourth-order valence-electron chi connectivity index (χ4n) is 4.18. The van der Waals surface area contributed by atoms with Crippen LogP contribution in [0.3, 0.4) is 0 Å². The molecule has 1 N–H and O–H groups in total. The molecular weight excluding hydrogens is 352 g/mol. The van der Waals surface area contributed by atoms with Crippen molar-refractivity contribution in [3.8, 4) is 0 Å². The Morgan fingerprint density at radius 1 is 1.07 bits per heavy atom. The number of rotatable bonds is 4. The molecular formula is C23H24N2O3. The van der Waals surface area contributed by atoms with Crippen molar-refractivity contribution in [3.05, 3.63) is 69.8 Å². The van der Waals surface area contributed by atoms with Gasteiger partial charge in [-0.2, -0.15) is 0 Å². The molecule has 3 amide bonds. The summed E-state index contributed by atoms with van der Waals surface area (Å²) in [5.41, 5.74) is 4.53. The number of carbonyl (C=O) groups excluding carboxylic acids is 3. The van der Waals surface area contributed by atoms with E-state index in [4.69, 9.17) is 0 Å². The van der Waals surface area contributed by atoms with Crippen LogP contribution in [-0.4, -0.2) is 29.2 Å². The minimum atomic E-state index is -1.14. The van der Waals surface area contributed by atoms with E-state index in [0.29, 0.717) is 5.56 Å². The maximum atomic E-state index is 13.1. The molecule has 1 aliphatic carbocycles. The molecule has 0 unspecified atom stereocenters. The van der Waals surface area contributed by atoms with E-state index in [1.54, 1.807) is 13.0 Å². The third-order valence-corrected chi connectivity index (χ3v) is 5.95. The van der Waals surface area contributed by atoms with E-state index in [-0.39, 0.29) is 18.2 Å². The summed E-state index contributed by atoms with van der Waals surface area (Å²) in [4.78, 5) is 39.5. The fourth-order valence-corrected chi connectivity index (χ4v) is 4.18. The van der Waals surface area contributed by atoms with Gasteiger partial charge in [-0.3, -0.25) is 14.5 Å². The number of hydrogen-bond acceptors (Lipinski definition) is 3. The number of hydrogen-bond donors (Lipinski definition) is 1. The van der Waals surface area contributed by atoms with Gasteiger partial charge in [-0.05, 0) is 68.4 Å². The minimum Gasteiger partial charge on any atom is -0.319 e. The lowest BCUT2D eigenvalue weighted by atomic mass is 9.89. The van der Waals surface area contributed by atoms with Gasteiger partial charge in [0.05, 0.1) is 6.54 Å². The van der Waals surface area contributed by atoms with E-state index in [1.807, 2.05) is 44.2 Å². The van der Waals surface area contributed by atoms with Gasteiger partial charge in [0.1, 0.15) is 5.54 Å². The van der Waals surface area contributed by atoms with Gasteiger partial charge in [0.15, 0.2) is 5.78 Å². The monoisotopic (exact) mass is 376 g/mol. The van der Waals surface area contributed by atoms with Gasteiger partial charge in [0.2, 0.25) is 0 Å². The van der Waals surface area contributed by atoms with Crippen molar-refractivity contribution in [2.75, 3.05) is 6.54 Å². The number of aryl methyl sites for hydroxylation is 4. The summed E-state index contributed by atoms with van der Waals surface area (Å²) in [5.74, 6) is -0.614. The van der Waals surface area contributed by atoms with Crippen LogP contribution < -0.4 is 5.32 Å². The summed E-state index contributed by atoms with van der Waals surface area (Å²) >= 11 is 0. The van der Waals surface area contributed by atoms with E-state index < -0.39 is 11.6 Å². The Kier molecular flexibility index (Phi) is 4.33. The number of urea groups is 1. The number of imide groups is 1. The molecule has 0 bridgehead atoms. The fraction of sp³-hybridized carbons (Fsp3) is 0.348. The predicted octanol–water partition coefficient (Wildman–Crippen LogP) is 3.44. The number of nitrogens with zero attached hydrogens (tertiary/aromatic N) is 1. The Morgan fingerprint density at radius 2 is 1.82 bits per heavy atom. The number of fused-ring (bicyclic) bond motifs is 1. The first kappa shape index (κ1) is 18.4. The second kappa shape index (κ2) is 6.59. The highest BCUT2D eigenvalue weighted by molar-refractivity contribution is 6.11. The number of Topliss-reactive ketones (excluding diaryl/α,β-unsaturated/α-hetero) is 1. The quantitative estimate of drug-likeness (QED) is 0.657. The molecule has 0 saturated carbocycles. The Balaban J connectivity index is 1.60. The molecule has 1 fully saturated rings. The van der Waals surface area contributed by atoms with Gasteiger partial charge < -0.3 is 5.32 Å². The number of nitrogens with one attached hydrogen (secondary N) is 1. The molecule has 0 radical (unpaired) electrons. The highest BCUT2D eigenvalue weighted by atomic mass is 16.2. The Morgan fingerprint density at radius 3 is 2.61 bits per heavy atom. The summed E-state index contributed by atoms with van der Waals surface area (Å²) in [7, 11) is 0. The average Bonchev–Trinajstić information content (AvgIpc) is 3.22. The molecule has 1 atom stereocenters. The Hall–Kier alpha value is -2.95. The van der Waals surface area contributed by atoms with Crippen molar-refractivity contribution >= 4 is 17.7 Å². The van der Waals surface area contributed by atoms with Crippen molar-refractivity contribution in [1.29, 1.82) is 0 Å². The van der Waals surface area contributed by atoms with Crippen LogP contribution in [0.4, 0.5) is 4.79 Å². The van der Waals surface area contributed by atoms with Gasteiger partial charge in [0.25, 0.3) is 5.91 Å². The van der Waals surface area contributed by atoms with Gasteiger partial charge >= 0.3 is 6.03 Å². The second-order valence-electron chi connectivity index (χ2n) is 8.03. The van der Waals surface area contributed by atoms with Crippen LogP contribution in [0.5, 0.6) is 0 Å². The summed E-state index contributed by atoms with van der Waals surface area (Å²) < 4.78 is 0. The van der Waals surface area contributed by atoms with Crippen LogP contribution in [0.1, 0.15) is 51.5 Å². The topological polar surface area (TPSA) is 66.5 Å². The molecule has 144 valence electrons. The molecule has 1 aliphatic heterocycles. The zero-order valence-electron chi connectivity index (χ0n) is 16.5. The number of benzene rings is 2. The number of amides is 3.